The molecule has 1 saturated heterocycles. The third-order valence-corrected chi connectivity index (χ3v) is 3.97. The molecule has 0 spiro atoms. The van der Waals surface area contributed by atoms with E-state index in [4.69, 9.17) is 4.74 Å². The molecule has 1 aromatic carbocycles. The summed E-state index contributed by atoms with van der Waals surface area (Å²) < 4.78 is 5.34. The number of hydrogen-bond donors (Lipinski definition) is 2. The SMILES string of the molecule is O=C(O)c1cccc2c1CCCN2C(=O)C1COCCN1. The van der Waals surface area contributed by atoms with Gasteiger partial charge >= 0.3 is 5.97 Å². The largest absolute Gasteiger partial charge is 0.478 e. The number of carboxylic acids is 1. The lowest BCUT2D eigenvalue weighted by Gasteiger charge is -2.34. The van der Waals surface area contributed by atoms with E-state index in [0.717, 1.165) is 17.7 Å². The Hall–Kier alpha value is -1.92. The van der Waals surface area contributed by atoms with E-state index in [1.54, 1.807) is 17.0 Å². The van der Waals surface area contributed by atoms with E-state index < -0.39 is 5.97 Å². The highest BCUT2D eigenvalue weighted by Gasteiger charge is 2.31. The van der Waals surface area contributed by atoms with Gasteiger partial charge in [0.2, 0.25) is 5.91 Å². The molecule has 6 heteroatoms. The van der Waals surface area contributed by atoms with Crippen molar-refractivity contribution < 1.29 is 19.4 Å². The third-order valence-electron chi connectivity index (χ3n) is 3.97. The summed E-state index contributed by atoms with van der Waals surface area (Å²) in [7, 11) is 0. The van der Waals surface area contributed by atoms with Gasteiger partial charge in [0, 0.05) is 18.8 Å². The second-order valence-corrected chi connectivity index (χ2v) is 5.28. The maximum atomic E-state index is 12.6. The van der Waals surface area contributed by atoms with Crippen LogP contribution in [0.15, 0.2) is 18.2 Å². The lowest BCUT2D eigenvalue weighted by molar-refractivity contribution is -0.123. The third kappa shape index (κ3) is 2.64. The van der Waals surface area contributed by atoms with Crippen molar-refractivity contribution in [3.63, 3.8) is 0 Å². The average Bonchev–Trinajstić information content (AvgIpc) is 2.53. The fourth-order valence-electron chi connectivity index (χ4n) is 2.97. The fourth-order valence-corrected chi connectivity index (χ4v) is 2.97. The van der Waals surface area contributed by atoms with Crippen molar-refractivity contribution in [3.05, 3.63) is 29.3 Å². The standard InChI is InChI=1S/C15H18N2O4/c18-14(12-9-21-8-6-16-12)17-7-2-4-10-11(15(19)20)3-1-5-13(10)17/h1,3,5,12,16H,2,4,6-9H2,(H,19,20). The second-order valence-electron chi connectivity index (χ2n) is 5.28. The van der Waals surface area contributed by atoms with Crippen LogP contribution < -0.4 is 10.2 Å². The Kier molecular flexibility index (Phi) is 3.90. The number of aromatic carboxylic acids is 1. The number of carbonyl (C=O) groups is 2. The van der Waals surface area contributed by atoms with E-state index in [9.17, 15) is 14.7 Å². The molecule has 2 N–H and O–H groups in total. The van der Waals surface area contributed by atoms with Crippen LogP contribution in [0.5, 0.6) is 0 Å². The molecule has 2 heterocycles. The molecule has 0 saturated carbocycles. The molecule has 2 aliphatic rings. The number of anilines is 1. The van der Waals surface area contributed by atoms with Crippen molar-refractivity contribution in [1.29, 1.82) is 0 Å². The van der Waals surface area contributed by atoms with Crippen LogP contribution in [-0.4, -0.2) is 49.3 Å². The number of carbonyl (C=O) groups excluding carboxylic acids is 1. The molecule has 1 amide bonds. The van der Waals surface area contributed by atoms with Gasteiger partial charge < -0.3 is 20.1 Å². The molecule has 3 rings (SSSR count). The van der Waals surface area contributed by atoms with E-state index >= 15 is 0 Å². The highest BCUT2D eigenvalue weighted by molar-refractivity contribution is 6.00. The van der Waals surface area contributed by atoms with Crippen molar-refractivity contribution in [1.82, 2.24) is 5.32 Å². The van der Waals surface area contributed by atoms with Gasteiger partial charge in [-0.05, 0) is 30.5 Å². The first-order valence-corrected chi connectivity index (χ1v) is 7.16. The van der Waals surface area contributed by atoms with Gasteiger partial charge in [0.25, 0.3) is 0 Å². The molecular weight excluding hydrogens is 272 g/mol. The molecule has 112 valence electrons. The van der Waals surface area contributed by atoms with E-state index in [1.807, 2.05) is 6.07 Å². The van der Waals surface area contributed by atoms with E-state index in [1.165, 1.54) is 0 Å². The number of carboxylic acid groups (broad SMARTS) is 1. The summed E-state index contributed by atoms with van der Waals surface area (Å²) >= 11 is 0. The molecule has 0 aliphatic carbocycles. The first-order chi connectivity index (χ1) is 10.2. The molecule has 1 atom stereocenters. The zero-order valence-electron chi connectivity index (χ0n) is 11.7. The van der Waals surface area contributed by atoms with Crippen LogP contribution in [0.2, 0.25) is 0 Å². The lowest BCUT2D eigenvalue weighted by atomic mass is 9.95. The zero-order valence-corrected chi connectivity index (χ0v) is 11.7. The summed E-state index contributed by atoms with van der Waals surface area (Å²) in [6, 6.07) is 4.76. The summed E-state index contributed by atoms with van der Waals surface area (Å²) in [5.74, 6) is -0.988. The highest BCUT2D eigenvalue weighted by atomic mass is 16.5. The molecule has 0 radical (unpaired) electrons. The monoisotopic (exact) mass is 290 g/mol. The minimum absolute atomic E-state index is 0.0433. The predicted molar refractivity (Wildman–Crippen MR) is 76.7 cm³/mol. The minimum Gasteiger partial charge on any atom is -0.478 e. The van der Waals surface area contributed by atoms with Gasteiger partial charge in [-0.25, -0.2) is 4.79 Å². The van der Waals surface area contributed by atoms with Crippen molar-refractivity contribution in [2.75, 3.05) is 31.2 Å². The maximum absolute atomic E-state index is 12.6. The first kappa shape index (κ1) is 14.0. The number of rotatable bonds is 2. The van der Waals surface area contributed by atoms with Crippen molar-refractivity contribution in [2.45, 2.75) is 18.9 Å². The molecule has 0 bridgehead atoms. The molecule has 6 nitrogen and oxygen atoms in total. The smallest absolute Gasteiger partial charge is 0.336 e. The van der Waals surface area contributed by atoms with E-state index in [-0.39, 0.29) is 17.5 Å². The lowest BCUT2D eigenvalue weighted by Crippen LogP contribution is -2.53. The number of hydrogen-bond acceptors (Lipinski definition) is 4. The van der Waals surface area contributed by atoms with Gasteiger partial charge in [0.05, 0.1) is 18.8 Å². The molecule has 1 aromatic rings. The Morgan fingerprint density at radius 2 is 2.24 bits per heavy atom. The van der Waals surface area contributed by atoms with E-state index in [0.29, 0.717) is 32.7 Å². The number of nitrogens with one attached hydrogen (secondary N) is 1. The van der Waals surface area contributed by atoms with Crippen LogP contribution in [0, 0.1) is 0 Å². The van der Waals surface area contributed by atoms with Gasteiger partial charge in [-0.2, -0.15) is 0 Å². The normalized spacial score (nSPS) is 21.7. The quantitative estimate of drug-likeness (QED) is 0.836. The second kappa shape index (κ2) is 5.83. The Morgan fingerprint density at radius 3 is 2.95 bits per heavy atom. The molecule has 2 aliphatic heterocycles. The Balaban J connectivity index is 1.91. The van der Waals surface area contributed by atoms with Crippen LogP contribution >= 0.6 is 0 Å². The Bertz CT molecular complexity index is 567. The number of ether oxygens (including phenoxy) is 1. The van der Waals surface area contributed by atoms with Gasteiger partial charge in [-0.15, -0.1) is 0 Å². The molecule has 1 unspecified atom stereocenters. The number of morpholine rings is 1. The summed E-state index contributed by atoms with van der Waals surface area (Å²) in [5.41, 5.74) is 1.76. The summed E-state index contributed by atoms with van der Waals surface area (Å²) in [6.45, 7) is 2.26. The van der Waals surface area contributed by atoms with Crippen molar-refractivity contribution in [3.8, 4) is 0 Å². The van der Waals surface area contributed by atoms with Crippen LogP contribution in [0.25, 0.3) is 0 Å². The van der Waals surface area contributed by atoms with Gasteiger partial charge in [-0.1, -0.05) is 6.07 Å². The fraction of sp³-hybridized carbons (Fsp3) is 0.467. The Labute approximate surface area is 122 Å². The minimum atomic E-state index is -0.944. The highest BCUT2D eigenvalue weighted by Crippen LogP contribution is 2.30. The molecule has 21 heavy (non-hydrogen) atoms. The predicted octanol–water partition coefficient (Wildman–Crippen LogP) is 0.652. The molecular formula is C15H18N2O4. The van der Waals surface area contributed by atoms with Gasteiger partial charge in [-0.3, -0.25) is 4.79 Å². The average molecular weight is 290 g/mol. The summed E-state index contributed by atoms with van der Waals surface area (Å²) in [5, 5.41) is 12.4. The molecule has 1 fully saturated rings. The summed E-state index contributed by atoms with van der Waals surface area (Å²) in [4.78, 5) is 25.6. The van der Waals surface area contributed by atoms with Gasteiger partial charge in [0.1, 0.15) is 6.04 Å². The summed E-state index contributed by atoms with van der Waals surface area (Å²) in [6.07, 6.45) is 1.47. The van der Waals surface area contributed by atoms with Crippen LogP contribution in [-0.2, 0) is 16.0 Å². The first-order valence-electron chi connectivity index (χ1n) is 7.16. The number of nitrogens with zero attached hydrogens (tertiary/aromatic N) is 1. The zero-order chi connectivity index (χ0) is 14.8. The van der Waals surface area contributed by atoms with Crippen LogP contribution in [0.4, 0.5) is 5.69 Å². The van der Waals surface area contributed by atoms with Crippen LogP contribution in [0.3, 0.4) is 0 Å². The van der Waals surface area contributed by atoms with Crippen LogP contribution in [0.1, 0.15) is 22.3 Å². The molecule has 0 aromatic heterocycles. The number of amides is 1. The van der Waals surface area contributed by atoms with Gasteiger partial charge in [0.15, 0.2) is 0 Å². The van der Waals surface area contributed by atoms with Crippen molar-refractivity contribution in [2.24, 2.45) is 0 Å². The topological polar surface area (TPSA) is 78.9 Å². The number of fused-ring (bicyclic) bond motifs is 1. The number of benzene rings is 1. The van der Waals surface area contributed by atoms with Crippen molar-refractivity contribution >= 4 is 17.6 Å². The maximum Gasteiger partial charge on any atom is 0.336 e. The Morgan fingerprint density at radius 1 is 1.38 bits per heavy atom. The van der Waals surface area contributed by atoms with E-state index in [2.05, 4.69) is 5.32 Å².